The molecule has 0 saturated carbocycles. The number of ether oxygens (including phenoxy) is 1. The Bertz CT molecular complexity index is 546. The van der Waals surface area contributed by atoms with E-state index in [1.54, 1.807) is 28.6 Å². The second-order valence-corrected chi connectivity index (χ2v) is 7.35. The van der Waals surface area contributed by atoms with Crippen LogP contribution in [0.5, 0.6) is 5.75 Å². The molecule has 1 saturated heterocycles. The first-order chi connectivity index (χ1) is 9.96. The van der Waals surface area contributed by atoms with Gasteiger partial charge in [-0.2, -0.15) is 4.31 Å². The van der Waals surface area contributed by atoms with Gasteiger partial charge in [0, 0.05) is 12.1 Å². The maximum Gasteiger partial charge on any atom is 0.243 e. The number of nitrogens with zero attached hydrogens (tertiary/aromatic N) is 1. The third-order valence-electron chi connectivity index (χ3n) is 3.87. The van der Waals surface area contributed by atoms with Crippen molar-refractivity contribution in [3.05, 3.63) is 24.3 Å². The first-order valence-electron chi connectivity index (χ1n) is 7.34. The molecular formula is C15H23NO4S. The summed E-state index contributed by atoms with van der Waals surface area (Å²) in [5.74, 6) is 0.558. The molecular weight excluding hydrogens is 290 g/mol. The maximum absolute atomic E-state index is 12.8. The van der Waals surface area contributed by atoms with Crippen LogP contribution >= 0.6 is 0 Å². The van der Waals surface area contributed by atoms with Gasteiger partial charge in [0.2, 0.25) is 10.0 Å². The molecule has 1 heterocycles. The Hall–Kier alpha value is -1.11. The number of hydrogen-bond donors (Lipinski definition) is 1. The van der Waals surface area contributed by atoms with Crippen molar-refractivity contribution in [3.63, 3.8) is 0 Å². The van der Waals surface area contributed by atoms with Crippen LogP contribution in [0.4, 0.5) is 0 Å². The quantitative estimate of drug-likeness (QED) is 0.903. The number of piperidine rings is 1. The number of rotatable bonds is 5. The van der Waals surface area contributed by atoms with E-state index in [1.165, 1.54) is 0 Å². The van der Waals surface area contributed by atoms with Crippen molar-refractivity contribution >= 4 is 10.0 Å². The van der Waals surface area contributed by atoms with Crippen LogP contribution in [0.2, 0.25) is 0 Å². The lowest BCUT2D eigenvalue weighted by atomic mass is 10.0. The van der Waals surface area contributed by atoms with Gasteiger partial charge in [-0.15, -0.1) is 0 Å². The number of hydrogen-bond acceptors (Lipinski definition) is 4. The Balaban J connectivity index is 2.22. The van der Waals surface area contributed by atoms with Crippen LogP contribution in [0.15, 0.2) is 29.2 Å². The fourth-order valence-corrected chi connectivity index (χ4v) is 4.75. The molecule has 1 aliphatic heterocycles. The Labute approximate surface area is 126 Å². The fourth-order valence-electron chi connectivity index (χ4n) is 2.86. The van der Waals surface area contributed by atoms with Crippen LogP contribution < -0.4 is 4.74 Å². The summed E-state index contributed by atoms with van der Waals surface area (Å²) in [5, 5.41) is 8.71. The minimum atomic E-state index is -3.47. The van der Waals surface area contributed by atoms with Crippen LogP contribution in [-0.2, 0) is 10.0 Å². The second-order valence-electron chi connectivity index (χ2n) is 5.51. The first-order valence-corrected chi connectivity index (χ1v) is 8.78. The lowest BCUT2D eigenvalue weighted by molar-refractivity contribution is 0.201. The van der Waals surface area contributed by atoms with Crippen molar-refractivity contribution in [3.8, 4) is 5.75 Å². The van der Waals surface area contributed by atoms with E-state index in [-0.39, 0.29) is 25.3 Å². The van der Waals surface area contributed by atoms with Crippen molar-refractivity contribution in [2.45, 2.75) is 50.1 Å². The van der Waals surface area contributed by atoms with Gasteiger partial charge in [0.15, 0.2) is 0 Å². The predicted molar refractivity (Wildman–Crippen MR) is 80.8 cm³/mol. The normalized spacial score (nSPS) is 24.0. The molecule has 2 atom stereocenters. The number of aliphatic hydroxyl groups is 1. The standard InChI is InChI=1S/C15H23NO4S/c1-12-4-3-5-13(2)16(12)21(18,19)15-8-6-14(7-9-15)20-11-10-17/h6-9,12-13,17H,3-5,10-11H2,1-2H3/t12-,13+. The van der Waals surface area contributed by atoms with E-state index in [9.17, 15) is 8.42 Å². The molecule has 1 aromatic carbocycles. The smallest absolute Gasteiger partial charge is 0.243 e. The largest absolute Gasteiger partial charge is 0.491 e. The van der Waals surface area contributed by atoms with E-state index < -0.39 is 10.0 Å². The number of aliphatic hydroxyl groups excluding tert-OH is 1. The van der Waals surface area contributed by atoms with Gasteiger partial charge in [0.1, 0.15) is 12.4 Å². The minimum absolute atomic E-state index is 0.0315. The Morgan fingerprint density at radius 3 is 2.29 bits per heavy atom. The molecule has 1 fully saturated rings. The van der Waals surface area contributed by atoms with E-state index in [0.29, 0.717) is 10.6 Å². The van der Waals surface area contributed by atoms with E-state index in [0.717, 1.165) is 19.3 Å². The Morgan fingerprint density at radius 2 is 1.76 bits per heavy atom. The average Bonchev–Trinajstić information content (AvgIpc) is 2.45. The third kappa shape index (κ3) is 3.56. The third-order valence-corrected chi connectivity index (χ3v) is 6.01. The monoisotopic (exact) mass is 313 g/mol. The molecule has 1 aromatic rings. The van der Waals surface area contributed by atoms with Crippen LogP contribution in [0.1, 0.15) is 33.1 Å². The molecule has 0 spiro atoms. The minimum Gasteiger partial charge on any atom is -0.491 e. The van der Waals surface area contributed by atoms with Gasteiger partial charge in [-0.25, -0.2) is 8.42 Å². The lowest BCUT2D eigenvalue weighted by Gasteiger charge is -2.37. The van der Waals surface area contributed by atoms with Gasteiger partial charge >= 0.3 is 0 Å². The molecule has 1 N–H and O–H groups in total. The van der Waals surface area contributed by atoms with Crippen LogP contribution in [0, 0.1) is 0 Å². The summed E-state index contributed by atoms with van der Waals surface area (Å²) in [4.78, 5) is 0.291. The van der Waals surface area contributed by atoms with E-state index in [1.807, 2.05) is 13.8 Å². The predicted octanol–water partition coefficient (Wildman–Crippen LogP) is 2.01. The average molecular weight is 313 g/mol. The molecule has 0 aliphatic carbocycles. The van der Waals surface area contributed by atoms with Gasteiger partial charge in [0.25, 0.3) is 0 Å². The van der Waals surface area contributed by atoms with Crippen molar-refractivity contribution in [2.24, 2.45) is 0 Å². The second kappa shape index (κ2) is 6.77. The van der Waals surface area contributed by atoms with Crippen LogP contribution in [-0.4, -0.2) is 43.1 Å². The highest BCUT2D eigenvalue weighted by molar-refractivity contribution is 7.89. The molecule has 5 nitrogen and oxygen atoms in total. The topological polar surface area (TPSA) is 66.8 Å². The van der Waals surface area contributed by atoms with Crippen LogP contribution in [0.25, 0.3) is 0 Å². The molecule has 0 aromatic heterocycles. The molecule has 0 unspecified atom stereocenters. The molecule has 118 valence electrons. The van der Waals surface area contributed by atoms with Crippen molar-refractivity contribution in [1.29, 1.82) is 0 Å². The fraction of sp³-hybridized carbons (Fsp3) is 0.600. The van der Waals surface area contributed by atoms with Crippen LogP contribution in [0.3, 0.4) is 0 Å². The SMILES string of the molecule is C[C@@H]1CCC[C@H](C)N1S(=O)(=O)c1ccc(OCCO)cc1. The molecule has 21 heavy (non-hydrogen) atoms. The molecule has 0 bridgehead atoms. The van der Waals surface area contributed by atoms with Gasteiger partial charge in [-0.3, -0.25) is 0 Å². The highest BCUT2D eigenvalue weighted by Crippen LogP contribution is 2.30. The van der Waals surface area contributed by atoms with Gasteiger partial charge < -0.3 is 9.84 Å². The van der Waals surface area contributed by atoms with Gasteiger partial charge in [0.05, 0.1) is 11.5 Å². The summed E-state index contributed by atoms with van der Waals surface area (Å²) in [7, 11) is -3.47. The zero-order valence-electron chi connectivity index (χ0n) is 12.5. The number of sulfonamides is 1. The zero-order valence-corrected chi connectivity index (χ0v) is 13.3. The zero-order chi connectivity index (χ0) is 15.5. The number of benzene rings is 1. The summed E-state index contributed by atoms with van der Waals surface area (Å²) in [6.45, 7) is 4.06. The van der Waals surface area contributed by atoms with Crippen molar-refractivity contribution in [2.75, 3.05) is 13.2 Å². The summed E-state index contributed by atoms with van der Waals surface area (Å²) in [6, 6.07) is 6.45. The highest BCUT2D eigenvalue weighted by atomic mass is 32.2. The van der Waals surface area contributed by atoms with Gasteiger partial charge in [-0.05, 0) is 51.0 Å². The lowest BCUT2D eigenvalue weighted by Crippen LogP contribution is -2.47. The Kier molecular flexibility index (Phi) is 5.24. The summed E-state index contributed by atoms with van der Waals surface area (Å²) in [5.41, 5.74) is 0. The van der Waals surface area contributed by atoms with Crippen molar-refractivity contribution in [1.82, 2.24) is 4.31 Å². The highest BCUT2D eigenvalue weighted by Gasteiger charge is 2.35. The summed E-state index contributed by atoms with van der Waals surface area (Å²) < 4.78 is 32.4. The molecule has 0 radical (unpaired) electrons. The van der Waals surface area contributed by atoms with Crippen molar-refractivity contribution < 1.29 is 18.3 Å². The summed E-state index contributed by atoms with van der Waals surface area (Å²) >= 11 is 0. The van der Waals surface area contributed by atoms with Gasteiger partial charge in [-0.1, -0.05) is 6.42 Å². The van der Waals surface area contributed by atoms with E-state index >= 15 is 0 Å². The van der Waals surface area contributed by atoms with E-state index in [4.69, 9.17) is 9.84 Å². The summed E-state index contributed by atoms with van der Waals surface area (Å²) in [6.07, 6.45) is 2.88. The Morgan fingerprint density at radius 1 is 1.19 bits per heavy atom. The molecule has 6 heteroatoms. The maximum atomic E-state index is 12.8. The molecule has 1 aliphatic rings. The molecule has 0 amide bonds. The van der Waals surface area contributed by atoms with E-state index in [2.05, 4.69) is 0 Å². The first kappa shape index (κ1) is 16.3. The molecule has 2 rings (SSSR count).